The lowest BCUT2D eigenvalue weighted by Gasteiger charge is -2.32. The molecular formula is C14H22N2O3S. The zero-order valence-electron chi connectivity index (χ0n) is 11.9. The highest BCUT2D eigenvalue weighted by Crippen LogP contribution is 2.24. The fourth-order valence-corrected chi connectivity index (χ4v) is 3.09. The molecule has 0 bridgehead atoms. The second-order valence-corrected chi connectivity index (χ2v) is 6.99. The van der Waals surface area contributed by atoms with Crippen molar-refractivity contribution in [3.63, 3.8) is 0 Å². The van der Waals surface area contributed by atoms with Crippen molar-refractivity contribution in [2.75, 3.05) is 29.5 Å². The summed E-state index contributed by atoms with van der Waals surface area (Å²) in [6, 6.07) is 7.60. The molecule has 5 nitrogen and oxygen atoms in total. The zero-order valence-corrected chi connectivity index (χ0v) is 12.7. The Hall–Kier alpha value is -1.27. The van der Waals surface area contributed by atoms with Crippen LogP contribution in [0, 0.1) is 5.92 Å². The van der Waals surface area contributed by atoms with Crippen LogP contribution < -0.4 is 10.0 Å². The first-order chi connectivity index (χ1) is 9.48. The Morgan fingerprint density at radius 3 is 2.80 bits per heavy atom. The molecule has 1 fully saturated rings. The van der Waals surface area contributed by atoms with Crippen LogP contribution in [0.1, 0.15) is 19.8 Å². The van der Waals surface area contributed by atoms with Gasteiger partial charge in [0.2, 0.25) is 10.0 Å². The van der Waals surface area contributed by atoms with Gasteiger partial charge < -0.3 is 10.1 Å². The molecular weight excluding hydrogens is 276 g/mol. The van der Waals surface area contributed by atoms with Gasteiger partial charge in [-0.25, -0.2) is 8.42 Å². The molecule has 6 heteroatoms. The molecule has 0 saturated carbocycles. The Kier molecular flexibility index (Phi) is 4.88. The topological polar surface area (TPSA) is 67.4 Å². The van der Waals surface area contributed by atoms with Gasteiger partial charge in [-0.15, -0.1) is 0 Å². The maximum atomic E-state index is 11.2. The van der Waals surface area contributed by atoms with Crippen molar-refractivity contribution in [1.82, 2.24) is 0 Å². The molecule has 0 aliphatic carbocycles. The summed E-state index contributed by atoms with van der Waals surface area (Å²) in [6.07, 6.45) is 3.33. The summed E-state index contributed by atoms with van der Waals surface area (Å²) in [5, 5.41) is 3.45. The molecule has 0 aromatic heterocycles. The lowest BCUT2D eigenvalue weighted by molar-refractivity contribution is 0.0544. The molecule has 1 aliphatic heterocycles. The Morgan fingerprint density at radius 1 is 1.35 bits per heavy atom. The first-order valence-electron chi connectivity index (χ1n) is 6.90. The molecule has 1 heterocycles. The Labute approximate surface area is 120 Å². The average Bonchev–Trinajstić information content (AvgIpc) is 2.38. The van der Waals surface area contributed by atoms with E-state index in [2.05, 4.69) is 17.0 Å². The van der Waals surface area contributed by atoms with E-state index in [0.717, 1.165) is 31.4 Å². The summed E-state index contributed by atoms with van der Waals surface area (Å²) < 4.78 is 30.5. The minimum absolute atomic E-state index is 0.280. The molecule has 1 aromatic carbocycles. The quantitative estimate of drug-likeness (QED) is 0.875. The van der Waals surface area contributed by atoms with Crippen molar-refractivity contribution < 1.29 is 13.2 Å². The summed E-state index contributed by atoms with van der Waals surface area (Å²) in [6.45, 7) is 3.71. The van der Waals surface area contributed by atoms with E-state index in [1.54, 1.807) is 6.07 Å². The number of nitrogens with one attached hydrogen (secondary N) is 2. The van der Waals surface area contributed by atoms with E-state index >= 15 is 0 Å². The molecule has 112 valence electrons. The molecule has 1 aromatic rings. The van der Waals surface area contributed by atoms with E-state index in [0.29, 0.717) is 18.2 Å². The Bertz CT molecular complexity index is 545. The summed E-state index contributed by atoms with van der Waals surface area (Å²) >= 11 is 0. The van der Waals surface area contributed by atoms with Crippen molar-refractivity contribution >= 4 is 21.4 Å². The highest BCUT2D eigenvalue weighted by molar-refractivity contribution is 7.92. The van der Waals surface area contributed by atoms with Crippen molar-refractivity contribution in [3.05, 3.63) is 24.3 Å². The number of sulfonamides is 1. The second-order valence-electron chi connectivity index (χ2n) is 5.24. The number of benzene rings is 1. The van der Waals surface area contributed by atoms with Crippen LogP contribution in [0.4, 0.5) is 11.4 Å². The number of hydrogen-bond acceptors (Lipinski definition) is 4. The van der Waals surface area contributed by atoms with E-state index < -0.39 is 10.0 Å². The van der Waals surface area contributed by atoms with Gasteiger partial charge in [0.1, 0.15) is 0 Å². The molecule has 2 N–H and O–H groups in total. The normalized spacial score (nSPS) is 23.3. The van der Waals surface area contributed by atoms with Gasteiger partial charge in [0.15, 0.2) is 0 Å². The van der Waals surface area contributed by atoms with Gasteiger partial charge in [-0.2, -0.15) is 0 Å². The van der Waals surface area contributed by atoms with Crippen LogP contribution in [0.2, 0.25) is 0 Å². The van der Waals surface area contributed by atoms with E-state index in [9.17, 15) is 8.42 Å². The Balaban J connectivity index is 2.07. The largest absolute Gasteiger partial charge is 0.380 e. The first kappa shape index (κ1) is 15.1. The van der Waals surface area contributed by atoms with Crippen LogP contribution in [0.15, 0.2) is 24.3 Å². The molecule has 2 unspecified atom stereocenters. The smallest absolute Gasteiger partial charge is 0.229 e. The predicted octanol–water partition coefficient (Wildman–Crippen LogP) is 2.29. The van der Waals surface area contributed by atoms with E-state index in [1.165, 1.54) is 0 Å². The van der Waals surface area contributed by atoms with Gasteiger partial charge in [-0.1, -0.05) is 19.4 Å². The summed E-state index contributed by atoms with van der Waals surface area (Å²) in [5.74, 6) is 0.593. The third kappa shape index (κ3) is 4.38. The van der Waals surface area contributed by atoms with Crippen LogP contribution in [0.25, 0.3) is 0 Å². The molecule has 2 atom stereocenters. The van der Waals surface area contributed by atoms with Crippen molar-refractivity contribution in [2.24, 2.45) is 5.92 Å². The van der Waals surface area contributed by atoms with Crippen LogP contribution in [-0.2, 0) is 14.8 Å². The van der Waals surface area contributed by atoms with Gasteiger partial charge in [0.05, 0.1) is 24.6 Å². The zero-order chi connectivity index (χ0) is 14.6. The fraction of sp³-hybridized carbons (Fsp3) is 0.571. The highest BCUT2D eigenvalue weighted by Gasteiger charge is 2.24. The SMILES string of the molecule is CCC1CCOCC1Nc1cccc(NS(C)(=O)=O)c1. The minimum atomic E-state index is -3.24. The molecule has 1 aliphatic rings. The third-order valence-corrected chi connectivity index (χ3v) is 4.15. The third-order valence-electron chi connectivity index (χ3n) is 3.54. The van der Waals surface area contributed by atoms with Gasteiger partial charge in [0.25, 0.3) is 0 Å². The van der Waals surface area contributed by atoms with Crippen LogP contribution in [-0.4, -0.2) is 33.9 Å². The molecule has 0 amide bonds. The molecule has 1 saturated heterocycles. The van der Waals surface area contributed by atoms with Crippen LogP contribution >= 0.6 is 0 Å². The molecule has 2 rings (SSSR count). The van der Waals surface area contributed by atoms with Gasteiger partial charge in [-0.05, 0) is 30.5 Å². The summed E-state index contributed by atoms with van der Waals surface area (Å²) in [4.78, 5) is 0. The number of hydrogen-bond donors (Lipinski definition) is 2. The van der Waals surface area contributed by atoms with E-state index in [4.69, 9.17) is 4.74 Å². The van der Waals surface area contributed by atoms with Gasteiger partial charge >= 0.3 is 0 Å². The standard InChI is InChI=1S/C14H22N2O3S/c1-3-11-7-8-19-10-14(11)15-12-5-4-6-13(9-12)16-20(2,17)18/h4-6,9,11,14-16H,3,7-8,10H2,1-2H3. The first-order valence-corrected chi connectivity index (χ1v) is 8.79. The minimum Gasteiger partial charge on any atom is -0.380 e. The number of ether oxygens (including phenoxy) is 1. The maximum absolute atomic E-state index is 11.2. The van der Waals surface area contributed by atoms with Crippen LogP contribution in [0.3, 0.4) is 0 Å². The fourth-order valence-electron chi connectivity index (χ4n) is 2.53. The summed E-state index contributed by atoms with van der Waals surface area (Å²) in [7, 11) is -3.24. The monoisotopic (exact) mass is 298 g/mol. The highest BCUT2D eigenvalue weighted by atomic mass is 32.2. The van der Waals surface area contributed by atoms with Gasteiger partial charge in [0, 0.05) is 12.3 Å². The van der Waals surface area contributed by atoms with E-state index in [-0.39, 0.29) is 6.04 Å². The maximum Gasteiger partial charge on any atom is 0.229 e. The predicted molar refractivity (Wildman–Crippen MR) is 81.5 cm³/mol. The lowest BCUT2D eigenvalue weighted by Crippen LogP contribution is -2.38. The molecule has 0 radical (unpaired) electrons. The lowest BCUT2D eigenvalue weighted by atomic mass is 9.92. The summed E-state index contributed by atoms with van der Waals surface area (Å²) in [5.41, 5.74) is 1.48. The second kappa shape index (κ2) is 6.45. The molecule has 20 heavy (non-hydrogen) atoms. The number of rotatable bonds is 5. The number of anilines is 2. The van der Waals surface area contributed by atoms with Gasteiger partial charge in [-0.3, -0.25) is 4.72 Å². The Morgan fingerprint density at radius 2 is 2.10 bits per heavy atom. The van der Waals surface area contributed by atoms with Crippen molar-refractivity contribution in [2.45, 2.75) is 25.8 Å². The molecule has 0 spiro atoms. The van der Waals surface area contributed by atoms with Crippen LogP contribution in [0.5, 0.6) is 0 Å². The van der Waals surface area contributed by atoms with Crippen molar-refractivity contribution in [3.8, 4) is 0 Å². The van der Waals surface area contributed by atoms with E-state index in [1.807, 2.05) is 18.2 Å². The average molecular weight is 298 g/mol. The van der Waals surface area contributed by atoms with Crippen molar-refractivity contribution in [1.29, 1.82) is 0 Å².